The molecule has 2 aromatic rings. The Morgan fingerprint density at radius 1 is 0.969 bits per heavy atom. The van der Waals surface area contributed by atoms with Crippen molar-refractivity contribution in [2.75, 3.05) is 6.61 Å². The molecule has 0 spiro atoms. The fraction of sp³-hybridized carbons (Fsp3) is 0.381. The SMILES string of the molecule is O=C1C[C@@H](c2ccc(O[C@@H]3O[C@H](CO)[C@@H](O)[C@@H](O)[C@H]3O)cc2O)Oc2cc(O)cc(O)c21. The molecule has 2 heterocycles. The zero-order chi connectivity index (χ0) is 23.2. The van der Waals surface area contributed by atoms with Crippen LogP contribution in [0, 0.1) is 0 Å². The third kappa shape index (κ3) is 3.92. The van der Waals surface area contributed by atoms with Crippen LogP contribution in [0.3, 0.4) is 0 Å². The van der Waals surface area contributed by atoms with Crippen LogP contribution in [0.1, 0.15) is 28.4 Å². The van der Waals surface area contributed by atoms with Crippen molar-refractivity contribution in [2.45, 2.75) is 43.2 Å². The highest BCUT2D eigenvalue weighted by Gasteiger charge is 2.44. The summed E-state index contributed by atoms with van der Waals surface area (Å²) >= 11 is 0. The molecule has 172 valence electrons. The van der Waals surface area contributed by atoms with Gasteiger partial charge in [0, 0.05) is 23.8 Å². The van der Waals surface area contributed by atoms with Gasteiger partial charge < -0.3 is 50.0 Å². The van der Waals surface area contributed by atoms with Gasteiger partial charge in [0.1, 0.15) is 64.8 Å². The Bertz CT molecular complexity index is 1020. The van der Waals surface area contributed by atoms with Crippen LogP contribution in [0.5, 0.6) is 28.7 Å². The average molecular weight is 450 g/mol. The van der Waals surface area contributed by atoms with E-state index in [1.807, 2.05) is 0 Å². The average Bonchev–Trinajstić information content (AvgIpc) is 2.73. The molecule has 11 nitrogen and oxygen atoms in total. The lowest BCUT2D eigenvalue weighted by atomic mass is 9.95. The van der Waals surface area contributed by atoms with E-state index in [4.69, 9.17) is 14.2 Å². The first kappa shape index (κ1) is 22.1. The Hall–Kier alpha value is -3.09. The van der Waals surface area contributed by atoms with Crippen LogP contribution in [0.25, 0.3) is 0 Å². The van der Waals surface area contributed by atoms with E-state index in [-0.39, 0.29) is 40.5 Å². The smallest absolute Gasteiger partial charge is 0.229 e. The fourth-order valence-electron chi connectivity index (χ4n) is 3.77. The summed E-state index contributed by atoms with van der Waals surface area (Å²) in [6, 6.07) is 6.22. The number of aliphatic hydroxyl groups excluding tert-OH is 4. The van der Waals surface area contributed by atoms with Crippen LogP contribution in [0.2, 0.25) is 0 Å². The van der Waals surface area contributed by atoms with Crippen LogP contribution < -0.4 is 9.47 Å². The quantitative estimate of drug-likeness (QED) is 0.324. The van der Waals surface area contributed by atoms with Crippen molar-refractivity contribution in [3.8, 4) is 28.7 Å². The highest BCUT2D eigenvalue weighted by molar-refractivity contribution is 6.02. The summed E-state index contributed by atoms with van der Waals surface area (Å²) < 4.78 is 16.4. The van der Waals surface area contributed by atoms with Gasteiger partial charge in [0.25, 0.3) is 0 Å². The maximum atomic E-state index is 12.5. The topological polar surface area (TPSA) is 186 Å². The van der Waals surface area contributed by atoms with Crippen LogP contribution in [-0.2, 0) is 4.74 Å². The molecule has 2 aromatic carbocycles. The van der Waals surface area contributed by atoms with Crippen molar-refractivity contribution in [1.82, 2.24) is 0 Å². The normalized spacial score (nSPS) is 29.8. The monoisotopic (exact) mass is 450 g/mol. The molecule has 4 rings (SSSR count). The van der Waals surface area contributed by atoms with Gasteiger partial charge in [0.2, 0.25) is 6.29 Å². The molecule has 0 aromatic heterocycles. The number of ether oxygens (including phenoxy) is 3. The van der Waals surface area contributed by atoms with E-state index < -0.39 is 54.9 Å². The van der Waals surface area contributed by atoms with Crippen molar-refractivity contribution < 1.29 is 54.8 Å². The molecule has 2 aliphatic heterocycles. The third-order valence-corrected chi connectivity index (χ3v) is 5.43. The summed E-state index contributed by atoms with van der Waals surface area (Å²) in [7, 11) is 0. The molecular weight excluding hydrogens is 428 g/mol. The number of benzene rings is 2. The number of rotatable bonds is 4. The minimum Gasteiger partial charge on any atom is -0.508 e. The Balaban J connectivity index is 1.53. The van der Waals surface area contributed by atoms with E-state index in [2.05, 4.69) is 0 Å². The summed E-state index contributed by atoms with van der Waals surface area (Å²) in [5.74, 6) is -1.43. The molecule has 32 heavy (non-hydrogen) atoms. The molecule has 0 amide bonds. The number of phenolic OH excluding ortho intramolecular Hbond substituents is 3. The van der Waals surface area contributed by atoms with Crippen molar-refractivity contribution in [1.29, 1.82) is 0 Å². The van der Waals surface area contributed by atoms with Gasteiger partial charge in [-0.1, -0.05) is 0 Å². The van der Waals surface area contributed by atoms with Crippen LogP contribution in [-0.4, -0.2) is 78.8 Å². The second-order valence-corrected chi connectivity index (χ2v) is 7.61. The predicted molar refractivity (Wildman–Crippen MR) is 105 cm³/mol. The summed E-state index contributed by atoms with van der Waals surface area (Å²) in [5, 5.41) is 69.0. The maximum absolute atomic E-state index is 12.5. The number of fused-ring (bicyclic) bond motifs is 1. The number of aliphatic hydroxyl groups is 4. The number of phenols is 3. The van der Waals surface area contributed by atoms with E-state index in [1.165, 1.54) is 24.3 Å². The Morgan fingerprint density at radius 2 is 1.72 bits per heavy atom. The second kappa shape index (κ2) is 8.45. The zero-order valence-corrected chi connectivity index (χ0v) is 16.5. The Morgan fingerprint density at radius 3 is 2.41 bits per heavy atom. The minimum atomic E-state index is -1.62. The fourth-order valence-corrected chi connectivity index (χ4v) is 3.77. The van der Waals surface area contributed by atoms with Gasteiger partial charge in [-0.05, 0) is 12.1 Å². The highest BCUT2D eigenvalue weighted by Crippen LogP contribution is 2.43. The summed E-state index contributed by atoms with van der Waals surface area (Å²) in [5.41, 5.74) is 0.175. The third-order valence-electron chi connectivity index (χ3n) is 5.43. The standard InChI is InChI=1S/C21H22O11/c22-7-16-18(27)19(28)20(29)21(32-16)30-9-1-2-10(11(24)5-9)14-6-13(26)17-12(25)3-8(23)4-15(17)31-14/h1-5,14,16,18-25,27-29H,6-7H2/t14-,16+,18+,19+,20+,21+/m0/s1. The molecule has 0 saturated carbocycles. The lowest BCUT2D eigenvalue weighted by Crippen LogP contribution is -2.60. The number of Topliss-reactive ketones (excluding diaryl/α,β-unsaturated/α-hetero) is 1. The molecule has 0 aliphatic carbocycles. The van der Waals surface area contributed by atoms with Crippen LogP contribution in [0.15, 0.2) is 30.3 Å². The second-order valence-electron chi connectivity index (χ2n) is 7.61. The lowest BCUT2D eigenvalue weighted by molar-refractivity contribution is -0.277. The Kier molecular flexibility index (Phi) is 5.84. The number of carbonyl (C=O) groups excluding carboxylic acids is 1. The first-order valence-corrected chi connectivity index (χ1v) is 9.75. The van der Waals surface area contributed by atoms with E-state index in [9.17, 15) is 40.5 Å². The molecule has 7 N–H and O–H groups in total. The van der Waals surface area contributed by atoms with E-state index in [0.717, 1.165) is 6.07 Å². The molecule has 0 radical (unpaired) electrons. The van der Waals surface area contributed by atoms with Crippen molar-refractivity contribution in [2.24, 2.45) is 0 Å². The number of hydrogen-bond donors (Lipinski definition) is 7. The molecule has 1 saturated heterocycles. The van der Waals surface area contributed by atoms with Gasteiger partial charge >= 0.3 is 0 Å². The molecular formula is C21H22O11. The van der Waals surface area contributed by atoms with Gasteiger partial charge in [-0.15, -0.1) is 0 Å². The van der Waals surface area contributed by atoms with Crippen LogP contribution in [0.4, 0.5) is 0 Å². The van der Waals surface area contributed by atoms with Gasteiger partial charge in [-0.3, -0.25) is 4.79 Å². The van der Waals surface area contributed by atoms with Gasteiger partial charge in [-0.2, -0.15) is 0 Å². The summed E-state index contributed by atoms with van der Waals surface area (Å²) in [6.45, 7) is -0.616. The van der Waals surface area contributed by atoms with Gasteiger partial charge in [-0.25, -0.2) is 0 Å². The molecule has 1 fully saturated rings. The van der Waals surface area contributed by atoms with E-state index >= 15 is 0 Å². The zero-order valence-electron chi connectivity index (χ0n) is 16.5. The predicted octanol–water partition coefficient (Wildman–Crippen LogP) is -0.311. The lowest BCUT2D eigenvalue weighted by Gasteiger charge is -2.39. The molecule has 6 atom stereocenters. The van der Waals surface area contributed by atoms with E-state index in [1.54, 1.807) is 0 Å². The minimum absolute atomic E-state index is 0.0233. The molecule has 11 heteroatoms. The van der Waals surface area contributed by atoms with Gasteiger partial charge in [0.05, 0.1) is 13.0 Å². The highest BCUT2D eigenvalue weighted by atomic mass is 16.7. The first-order chi connectivity index (χ1) is 15.2. The number of hydrogen-bond acceptors (Lipinski definition) is 11. The van der Waals surface area contributed by atoms with Crippen molar-refractivity contribution in [3.05, 3.63) is 41.5 Å². The first-order valence-electron chi connectivity index (χ1n) is 9.75. The van der Waals surface area contributed by atoms with Crippen molar-refractivity contribution >= 4 is 5.78 Å². The number of carbonyl (C=O) groups is 1. The number of ketones is 1. The summed E-state index contributed by atoms with van der Waals surface area (Å²) in [4.78, 5) is 12.5. The summed E-state index contributed by atoms with van der Waals surface area (Å²) in [6.07, 6.45) is -8.43. The van der Waals surface area contributed by atoms with Crippen molar-refractivity contribution in [3.63, 3.8) is 0 Å². The molecule has 2 aliphatic rings. The largest absolute Gasteiger partial charge is 0.508 e. The molecule has 0 unspecified atom stereocenters. The number of aromatic hydroxyl groups is 3. The van der Waals surface area contributed by atoms with E-state index in [0.29, 0.717) is 0 Å². The molecule has 0 bridgehead atoms. The van der Waals surface area contributed by atoms with Gasteiger partial charge in [0.15, 0.2) is 5.78 Å². The Labute approximate surface area is 181 Å². The maximum Gasteiger partial charge on any atom is 0.229 e. The van der Waals surface area contributed by atoms with Crippen LogP contribution >= 0.6 is 0 Å².